The Kier molecular flexibility index (Phi) is 4.29. The quantitative estimate of drug-likeness (QED) is 0.778. The molecule has 0 bridgehead atoms. The van der Waals surface area contributed by atoms with Gasteiger partial charge in [0.15, 0.2) is 0 Å². The molecule has 23 heavy (non-hydrogen) atoms. The lowest BCUT2D eigenvalue weighted by molar-refractivity contribution is -0.142. The number of fused-ring (bicyclic) bond motifs is 1. The second-order valence-electron chi connectivity index (χ2n) is 5.67. The van der Waals surface area contributed by atoms with Crippen LogP contribution in [0.1, 0.15) is 12.0 Å². The number of carbonyl (C=O) groups excluding carboxylic acids is 1. The standard InChI is InChI=1S/C16H17FN2O4/c17-11-1-2-12-10(7-18-13(12)6-11)5-14(16(21)22)19-15(20)9-3-4-23-8-9/h1-2,6-7,9,14,18H,3-5,8H2,(H,19,20)(H,21,22)/t9-,14-/m1/s1. The van der Waals surface area contributed by atoms with Crippen molar-refractivity contribution in [1.82, 2.24) is 10.3 Å². The van der Waals surface area contributed by atoms with E-state index in [1.54, 1.807) is 12.3 Å². The van der Waals surface area contributed by atoms with Gasteiger partial charge >= 0.3 is 5.97 Å². The maximum Gasteiger partial charge on any atom is 0.326 e. The molecule has 1 fully saturated rings. The second-order valence-corrected chi connectivity index (χ2v) is 5.67. The van der Waals surface area contributed by atoms with Gasteiger partial charge in [0.2, 0.25) is 5.91 Å². The average molecular weight is 320 g/mol. The summed E-state index contributed by atoms with van der Waals surface area (Å²) in [5, 5.41) is 12.7. The number of aliphatic carboxylic acids is 1. The first-order valence-electron chi connectivity index (χ1n) is 7.41. The van der Waals surface area contributed by atoms with Crippen LogP contribution in [-0.2, 0) is 20.7 Å². The van der Waals surface area contributed by atoms with Crippen LogP contribution in [0.5, 0.6) is 0 Å². The van der Waals surface area contributed by atoms with Crippen molar-refractivity contribution in [3.63, 3.8) is 0 Å². The molecule has 122 valence electrons. The van der Waals surface area contributed by atoms with Crippen LogP contribution < -0.4 is 5.32 Å². The summed E-state index contributed by atoms with van der Waals surface area (Å²) < 4.78 is 18.3. The first-order valence-corrected chi connectivity index (χ1v) is 7.41. The monoisotopic (exact) mass is 320 g/mol. The van der Waals surface area contributed by atoms with Crippen molar-refractivity contribution >= 4 is 22.8 Å². The number of aromatic amines is 1. The molecule has 1 saturated heterocycles. The van der Waals surface area contributed by atoms with Crippen molar-refractivity contribution in [3.05, 3.63) is 35.8 Å². The van der Waals surface area contributed by atoms with E-state index in [-0.39, 0.29) is 24.1 Å². The number of nitrogens with one attached hydrogen (secondary N) is 2. The first kappa shape index (κ1) is 15.5. The summed E-state index contributed by atoms with van der Waals surface area (Å²) in [4.78, 5) is 26.5. The molecule has 0 aliphatic carbocycles. The SMILES string of the molecule is O=C(N[C@H](Cc1c[nH]c2cc(F)ccc12)C(=O)O)[C@@H]1CCOC1. The van der Waals surface area contributed by atoms with Gasteiger partial charge in [0.05, 0.1) is 12.5 Å². The second kappa shape index (κ2) is 6.37. The summed E-state index contributed by atoms with van der Waals surface area (Å²) in [6, 6.07) is 3.24. The normalized spacial score (nSPS) is 18.9. The Hall–Kier alpha value is -2.41. The molecule has 1 aromatic heterocycles. The van der Waals surface area contributed by atoms with E-state index in [1.807, 2.05) is 0 Å². The van der Waals surface area contributed by atoms with Gasteiger partial charge in [-0.2, -0.15) is 0 Å². The van der Waals surface area contributed by atoms with Gasteiger partial charge in [-0.25, -0.2) is 9.18 Å². The molecule has 2 aromatic rings. The van der Waals surface area contributed by atoms with E-state index in [2.05, 4.69) is 10.3 Å². The number of hydrogen-bond acceptors (Lipinski definition) is 3. The molecule has 6 nitrogen and oxygen atoms in total. The molecule has 0 unspecified atom stereocenters. The molecule has 0 radical (unpaired) electrons. The van der Waals surface area contributed by atoms with Crippen LogP contribution in [0.3, 0.4) is 0 Å². The van der Waals surface area contributed by atoms with Crippen molar-refractivity contribution in [1.29, 1.82) is 0 Å². The molecule has 0 spiro atoms. The topological polar surface area (TPSA) is 91.4 Å². The minimum absolute atomic E-state index is 0.125. The van der Waals surface area contributed by atoms with Crippen LogP contribution >= 0.6 is 0 Å². The van der Waals surface area contributed by atoms with Gasteiger partial charge in [-0.1, -0.05) is 0 Å². The largest absolute Gasteiger partial charge is 0.480 e. The van der Waals surface area contributed by atoms with E-state index >= 15 is 0 Å². The minimum atomic E-state index is -1.10. The maximum atomic E-state index is 13.2. The van der Waals surface area contributed by atoms with E-state index < -0.39 is 12.0 Å². The molecule has 3 rings (SSSR count). The van der Waals surface area contributed by atoms with Gasteiger partial charge in [0, 0.05) is 30.1 Å². The van der Waals surface area contributed by atoms with Gasteiger partial charge in [-0.05, 0) is 30.2 Å². The van der Waals surface area contributed by atoms with Crippen LogP contribution in [0.15, 0.2) is 24.4 Å². The van der Waals surface area contributed by atoms with Crippen LogP contribution in [0.2, 0.25) is 0 Å². The maximum absolute atomic E-state index is 13.2. The number of hydrogen-bond donors (Lipinski definition) is 3. The summed E-state index contributed by atoms with van der Waals surface area (Å²) in [5.41, 5.74) is 1.31. The summed E-state index contributed by atoms with van der Waals surface area (Å²) in [6.45, 7) is 0.842. The Morgan fingerprint density at radius 3 is 3.00 bits per heavy atom. The van der Waals surface area contributed by atoms with Crippen LogP contribution in [0.25, 0.3) is 10.9 Å². The summed E-state index contributed by atoms with van der Waals surface area (Å²) in [7, 11) is 0. The third-order valence-corrected chi connectivity index (χ3v) is 4.07. The Balaban J connectivity index is 1.75. The molecule has 1 amide bonds. The fourth-order valence-corrected chi connectivity index (χ4v) is 2.78. The highest BCUT2D eigenvalue weighted by molar-refractivity contribution is 5.87. The number of rotatable bonds is 5. The van der Waals surface area contributed by atoms with Crippen LogP contribution in [-0.4, -0.2) is 41.2 Å². The highest BCUT2D eigenvalue weighted by atomic mass is 19.1. The van der Waals surface area contributed by atoms with E-state index in [0.29, 0.717) is 25.2 Å². The zero-order chi connectivity index (χ0) is 16.4. The summed E-state index contributed by atoms with van der Waals surface area (Å²) in [5.74, 6) is -2.07. The number of carboxylic acid groups (broad SMARTS) is 1. The van der Waals surface area contributed by atoms with Crippen LogP contribution in [0.4, 0.5) is 4.39 Å². The Bertz CT molecular complexity index is 737. The smallest absolute Gasteiger partial charge is 0.326 e. The minimum Gasteiger partial charge on any atom is -0.480 e. The van der Waals surface area contributed by atoms with E-state index in [1.165, 1.54) is 12.1 Å². The van der Waals surface area contributed by atoms with Crippen molar-refractivity contribution in [2.75, 3.05) is 13.2 Å². The average Bonchev–Trinajstić information content (AvgIpc) is 3.16. The van der Waals surface area contributed by atoms with Gasteiger partial charge in [0.25, 0.3) is 0 Å². The molecule has 1 aromatic carbocycles. The molecule has 3 N–H and O–H groups in total. The number of ether oxygens (including phenoxy) is 1. The van der Waals surface area contributed by atoms with Gasteiger partial charge in [-0.3, -0.25) is 4.79 Å². The highest BCUT2D eigenvalue weighted by Gasteiger charge is 2.28. The fourth-order valence-electron chi connectivity index (χ4n) is 2.78. The van der Waals surface area contributed by atoms with Crippen LogP contribution in [0, 0.1) is 11.7 Å². The molecule has 0 saturated carbocycles. The van der Waals surface area contributed by atoms with Crippen molar-refractivity contribution < 1.29 is 23.8 Å². The van der Waals surface area contributed by atoms with Crippen molar-refractivity contribution in [2.24, 2.45) is 5.92 Å². The predicted molar refractivity (Wildman–Crippen MR) is 80.5 cm³/mol. The Morgan fingerprint density at radius 2 is 2.30 bits per heavy atom. The van der Waals surface area contributed by atoms with Crippen molar-refractivity contribution in [3.8, 4) is 0 Å². The Morgan fingerprint density at radius 1 is 1.48 bits per heavy atom. The first-order chi connectivity index (χ1) is 11.0. The number of carbonyl (C=O) groups is 2. The third-order valence-electron chi connectivity index (χ3n) is 4.07. The number of aromatic nitrogens is 1. The van der Waals surface area contributed by atoms with E-state index in [4.69, 9.17) is 4.74 Å². The zero-order valence-electron chi connectivity index (χ0n) is 12.3. The number of benzene rings is 1. The summed E-state index contributed by atoms with van der Waals surface area (Å²) in [6.07, 6.45) is 2.37. The van der Waals surface area contributed by atoms with E-state index in [0.717, 1.165) is 10.9 Å². The van der Waals surface area contributed by atoms with Gasteiger partial charge in [-0.15, -0.1) is 0 Å². The molecule has 2 atom stereocenters. The van der Waals surface area contributed by atoms with Crippen molar-refractivity contribution in [2.45, 2.75) is 18.9 Å². The lowest BCUT2D eigenvalue weighted by atomic mass is 10.0. The molecular weight excluding hydrogens is 303 g/mol. The fraction of sp³-hybridized carbons (Fsp3) is 0.375. The van der Waals surface area contributed by atoms with E-state index in [9.17, 15) is 19.1 Å². The Labute approximate surface area is 131 Å². The van der Waals surface area contributed by atoms with Gasteiger partial charge < -0.3 is 20.1 Å². The molecule has 2 heterocycles. The third kappa shape index (κ3) is 3.34. The molecular formula is C16H17FN2O4. The highest BCUT2D eigenvalue weighted by Crippen LogP contribution is 2.21. The number of H-pyrrole nitrogens is 1. The van der Waals surface area contributed by atoms with Gasteiger partial charge in [0.1, 0.15) is 11.9 Å². The molecule has 7 heteroatoms. The lowest BCUT2D eigenvalue weighted by Crippen LogP contribution is -2.45. The summed E-state index contributed by atoms with van der Waals surface area (Å²) >= 11 is 0. The number of amides is 1. The zero-order valence-corrected chi connectivity index (χ0v) is 12.3. The molecule has 1 aliphatic rings. The number of carboxylic acids is 1. The lowest BCUT2D eigenvalue weighted by Gasteiger charge is -2.16. The number of halogens is 1. The molecule has 1 aliphatic heterocycles. The predicted octanol–water partition coefficient (Wildman–Crippen LogP) is 1.46.